The molecule has 1 unspecified atom stereocenters. The van der Waals surface area contributed by atoms with Crippen molar-refractivity contribution in [3.8, 4) is 5.75 Å². The third-order valence-electron chi connectivity index (χ3n) is 3.06. The van der Waals surface area contributed by atoms with Crippen molar-refractivity contribution >= 4 is 5.97 Å². The second-order valence-electron chi connectivity index (χ2n) is 4.06. The monoisotopic (exact) mass is 220 g/mol. The van der Waals surface area contributed by atoms with Gasteiger partial charge in [-0.15, -0.1) is 0 Å². The van der Waals surface area contributed by atoms with E-state index in [1.807, 2.05) is 24.3 Å². The lowest BCUT2D eigenvalue weighted by molar-refractivity contribution is -0.141. The Hall–Kier alpha value is -1.51. The lowest BCUT2D eigenvalue weighted by Gasteiger charge is -2.16. The van der Waals surface area contributed by atoms with E-state index in [-0.39, 0.29) is 12.1 Å². The Balaban J connectivity index is 2.25. The van der Waals surface area contributed by atoms with E-state index in [1.165, 1.54) is 0 Å². The number of esters is 1. The van der Waals surface area contributed by atoms with Gasteiger partial charge in [-0.05, 0) is 24.1 Å². The minimum atomic E-state index is -0.104. The van der Waals surface area contributed by atoms with Gasteiger partial charge in [0.15, 0.2) is 0 Å². The van der Waals surface area contributed by atoms with Gasteiger partial charge in [0.05, 0.1) is 13.5 Å². The van der Waals surface area contributed by atoms with Crippen LogP contribution in [0.3, 0.4) is 0 Å². The Morgan fingerprint density at radius 2 is 2.31 bits per heavy atom. The maximum atomic E-state index is 11.3. The summed E-state index contributed by atoms with van der Waals surface area (Å²) < 4.78 is 10.5. The van der Waals surface area contributed by atoms with E-state index in [1.54, 1.807) is 7.11 Å². The van der Waals surface area contributed by atoms with Crippen LogP contribution in [0.2, 0.25) is 0 Å². The zero-order chi connectivity index (χ0) is 11.5. The molecule has 86 valence electrons. The minimum Gasteiger partial charge on any atom is -0.497 e. The molecule has 2 atom stereocenters. The number of rotatable bonds is 3. The molecule has 1 heterocycles. The Morgan fingerprint density at radius 1 is 1.50 bits per heavy atom. The molecule has 1 aromatic carbocycles. The molecule has 0 aromatic heterocycles. The fraction of sp³-hybridized carbons (Fsp3) is 0.462. The van der Waals surface area contributed by atoms with Crippen LogP contribution in [0.5, 0.6) is 5.75 Å². The fourth-order valence-electron chi connectivity index (χ4n) is 2.12. The van der Waals surface area contributed by atoms with Crippen LogP contribution in [0.25, 0.3) is 0 Å². The Bertz CT molecular complexity index is 387. The summed E-state index contributed by atoms with van der Waals surface area (Å²) in [4.78, 5) is 11.3. The normalized spacial score (nSPS) is 24.2. The van der Waals surface area contributed by atoms with Gasteiger partial charge in [0.1, 0.15) is 11.9 Å². The molecule has 16 heavy (non-hydrogen) atoms. The quantitative estimate of drug-likeness (QED) is 0.735. The number of benzene rings is 1. The van der Waals surface area contributed by atoms with Crippen LogP contribution in [0, 0.1) is 5.92 Å². The molecule has 0 N–H and O–H groups in total. The second kappa shape index (κ2) is 4.56. The summed E-state index contributed by atoms with van der Waals surface area (Å²) in [5.74, 6) is 0.995. The van der Waals surface area contributed by atoms with Crippen molar-refractivity contribution in [1.82, 2.24) is 0 Å². The molecule has 1 fully saturated rings. The summed E-state index contributed by atoms with van der Waals surface area (Å²) in [6.07, 6.45) is 1.37. The van der Waals surface area contributed by atoms with E-state index >= 15 is 0 Å². The number of carbonyl (C=O) groups is 1. The van der Waals surface area contributed by atoms with Crippen LogP contribution in [0.4, 0.5) is 0 Å². The van der Waals surface area contributed by atoms with Crippen LogP contribution in [0.15, 0.2) is 24.3 Å². The molecule has 0 spiro atoms. The van der Waals surface area contributed by atoms with Crippen LogP contribution >= 0.6 is 0 Å². The van der Waals surface area contributed by atoms with Crippen LogP contribution in [-0.2, 0) is 9.53 Å². The number of hydrogen-bond donors (Lipinski definition) is 0. The molecule has 1 aliphatic rings. The summed E-state index contributed by atoms with van der Waals surface area (Å²) in [5, 5.41) is 0. The Morgan fingerprint density at radius 3 is 3.00 bits per heavy atom. The smallest absolute Gasteiger partial charge is 0.306 e. The zero-order valence-electron chi connectivity index (χ0n) is 9.60. The van der Waals surface area contributed by atoms with Crippen molar-refractivity contribution in [2.75, 3.05) is 7.11 Å². The van der Waals surface area contributed by atoms with Gasteiger partial charge < -0.3 is 9.47 Å². The van der Waals surface area contributed by atoms with Crippen molar-refractivity contribution < 1.29 is 14.3 Å². The molecule has 0 bridgehead atoms. The highest BCUT2D eigenvalue weighted by atomic mass is 16.5. The average Bonchev–Trinajstić information content (AvgIpc) is 2.70. The lowest BCUT2D eigenvalue weighted by Crippen LogP contribution is -2.06. The number of hydrogen-bond acceptors (Lipinski definition) is 3. The summed E-state index contributed by atoms with van der Waals surface area (Å²) in [6.45, 7) is 2.08. The average molecular weight is 220 g/mol. The van der Waals surface area contributed by atoms with E-state index in [9.17, 15) is 4.79 Å². The number of carbonyl (C=O) groups excluding carboxylic acids is 1. The van der Waals surface area contributed by atoms with Crippen molar-refractivity contribution in [2.24, 2.45) is 5.92 Å². The third-order valence-corrected chi connectivity index (χ3v) is 3.06. The van der Waals surface area contributed by atoms with Crippen LogP contribution < -0.4 is 4.74 Å². The first-order chi connectivity index (χ1) is 7.74. The molecular formula is C13H16O3. The van der Waals surface area contributed by atoms with Gasteiger partial charge in [-0.2, -0.15) is 0 Å². The largest absolute Gasteiger partial charge is 0.497 e. The van der Waals surface area contributed by atoms with Gasteiger partial charge in [-0.1, -0.05) is 19.1 Å². The molecular weight excluding hydrogens is 204 g/mol. The minimum absolute atomic E-state index is 0.0975. The summed E-state index contributed by atoms with van der Waals surface area (Å²) in [5.41, 5.74) is 1.03. The first kappa shape index (κ1) is 11.0. The molecule has 0 aliphatic carbocycles. The highest BCUT2D eigenvalue weighted by Crippen LogP contribution is 2.38. The SMILES string of the molecule is CC[C@@H]1CC(=O)OC1c1cccc(OC)c1. The maximum Gasteiger partial charge on any atom is 0.306 e. The van der Waals surface area contributed by atoms with E-state index in [2.05, 4.69) is 6.92 Å². The molecule has 3 nitrogen and oxygen atoms in total. The standard InChI is InChI=1S/C13H16O3/c1-3-9-8-12(14)16-13(9)10-5-4-6-11(7-10)15-2/h4-7,9,13H,3,8H2,1-2H3/t9-,13?/m1/s1. The lowest BCUT2D eigenvalue weighted by atomic mass is 9.93. The maximum absolute atomic E-state index is 11.3. The molecule has 1 aromatic rings. The van der Waals surface area contributed by atoms with Gasteiger partial charge >= 0.3 is 5.97 Å². The van der Waals surface area contributed by atoms with Gasteiger partial charge in [0.25, 0.3) is 0 Å². The van der Waals surface area contributed by atoms with E-state index in [4.69, 9.17) is 9.47 Å². The van der Waals surface area contributed by atoms with Crippen molar-refractivity contribution in [3.05, 3.63) is 29.8 Å². The van der Waals surface area contributed by atoms with Crippen molar-refractivity contribution in [2.45, 2.75) is 25.9 Å². The van der Waals surface area contributed by atoms with Crippen LogP contribution in [0.1, 0.15) is 31.4 Å². The Kier molecular flexibility index (Phi) is 3.13. The molecule has 1 saturated heterocycles. The zero-order valence-corrected chi connectivity index (χ0v) is 9.60. The first-order valence-electron chi connectivity index (χ1n) is 5.58. The van der Waals surface area contributed by atoms with Gasteiger partial charge in [0.2, 0.25) is 0 Å². The topological polar surface area (TPSA) is 35.5 Å². The summed E-state index contributed by atoms with van der Waals surface area (Å²) in [6, 6.07) is 7.73. The number of cyclic esters (lactones) is 1. The van der Waals surface area contributed by atoms with Crippen LogP contribution in [-0.4, -0.2) is 13.1 Å². The number of methoxy groups -OCH3 is 1. The molecule has 0 saturated carbocycles. The molecule has 1 aliphatic heterocycles. The fourth-order valence-corrected chi connectivity index (χ4v) is 2.12. The Labute approximate surface area is 95.4 Å². The van der Waals surface area contributed by atoms with E-state index < -0.39 is 0 Å². The summed E-state index contributed by atoms with van der Waals surface area (Å²) in [7, 11) is 1.64. The molecule has 3 heteroatoms. The van der Waals surface area contributed by atoms with Crippen molar-refractivity contribution in [3.63, 3.8) is 0 Å². The highest BCUT2D eigenvalue weighted by molar-refractivity contribution is 5.72. The van der Waals surface area contributed by atoms with Gasteiger partial charge in [0, 0.05) is 5.92 Å². The molecule has 0 radical (unpaired) electrons. The van der Waals surface area contributed by atoms with Gasteiger partial charge in [-0.25, -0.2) is 0 Å². The van der Waals surface area contributed by atoms with E-state index in [0.29, 0.717) is 12.3 Å². The summed E-state index contributed by atoms with van der Waals surface area (Å²) >= 11 is 0. The number of ether oxygens (including phenoxy) is 2. The molecule has 2 rings (SSSR count). The first-order valence-corrected chi connectivity index (χ1v) is 5.58. The predicted octanol–water partition coefficient (Wildman–Crippen LogP) is 2.71. The second-order valence-corrected chi connectivity index (χ2v) is 4.06. The van der Waals surface area contributed by atoms with Crippen molar-refractivity contribution in [1.29, 1.82) is 0 Å². The highest BCUT2D eigenvalue weighted by Gasteiger charge is 2.34. The van der Waals surface area contributed by atoms with E-state index in [0.717, 1.165) is 17.7 Å². The molecule has 0 amide bonds. The predicted molar refractivity (Wildman–Crippen MR) is 60.2 cm³/mol. The third kappa shape index (κ3) is 2.03. The van der Waals surface area contributed by atoms with Gasteiger partial charge in [-0.3, -0.25) is 4.79 Å².